The molecule has 0 saturated carbocycles. The van der Waals surface area contributed by atoms with Gasteiger partial charge in [-0.2, -0.15) is 0 Å². The Morgan fingerprint density at radius 2 is 1.82 bits per heavy atom. The standard InChI is InChI=1S/C31H33N7O5S/c1-2-12-36-20-28(39)37-26(14-21-8-10-25(43-44)11-9-21)30(41)35(18-23-13-24(29(32)40)17-33-15-23)19-27(37)38(36)31(42)34-16-22-6-4-3-5-7-22/h2-11,13,15,17,26-27,44H,1,12,14,16,18-20H2,(H2,32,40)(H,34,42)/t26-,27-/m0/s1. The van der Waals surface area contributed by atoms with Crippen LogP contribution in [-0.4, -0.2) is 80.4 Å². The minimum Gasteiger partial charge on any atom is -0.429 e. The van der Waals surface area contributed by atoms with Crippen LogP contribution in [0.25, 0.3) is 0 Å². The van der Waals surface area contributed by atoms with Crippen molar-refractivity contribution in [3.05, 3.63) is 108 Å². The van der Waals surface area contributed by atoms with Gasteiger partial charge in [0.05, 0.1) is 18.7 Å². The SMILES string of the molecule is C=CCN1CC(=O)N2[C@@H](Cc3ccc(OS)cc3)C(=O)N(Cc3cncc(C(N)=O)c3)C[C@@H]2N1C(=O)NCc1ccccc1. The first-order valence-electron chi connectivity index (χ1n) is 14.0. The summed E-state index contributed by atoms with van der Waals surface area (Å²) in [6.45, 7) is 4.34. The van der Waals surface area contributed by atoms with E-state index in [0.29, 0.717) is 11.3 Å². The number of carbonyl (C=O) groups is 4. The Kier molecular flexibility index (Phi) is 9.46. The van der Waals surface area contributed by atoms with Gasteiger partial charge in [0, 0.05) is 51.4 Å². The fourth-order valence-corrected chi connectivity index (χ4v) is 5.66. The van der Waals surface area contributed by atoms with E-state index >= 15 is 0 Å². The van der Waals surface area contributed by atoms with Crippen LogP contribution in [0.4, 0.5) is 4.79 Å². The Morgan fingerprint density at radius 1 is 1.07 bits per heavy atom. The van der Waals surface area contributed by atoms with Gasteiger partial charge in [-0.05, 0) is 34.9 Å². The van der Waals surface area contributed by atoms with E-state index in [1.54, 1.807) is 52.5 Å². The van der Waals surface area contributed by atoms with E-state index in [9.17, 15) is 19.2 Å². The van der Waals surface area contributed by atoms with Crippen LogP contribution in [0, 0.1) is 0 Å². The zero-order valence-corrected chi connectivity index (χ0v) is 24.8. The molecule has 5 rings (SSSR count). The number of hydrogen-bond acceptors (Lipinski definition) is 8. The van der Waals surface area contributed by atoms with Crippen LogP contribution >= 0.6 is 12.9 Å². The molecule has 2 atom stereocenters. The highest BCUT2D eigenvalue weighted by atomic mass is 32.1. The quantitative estimate of drug-likeness (QED) is 0.180. The van der Waals surface area contributed by atoms with Gasteiger partial charge in [0.2, 0.25) is 17.7 Å². The lowest BCUT2D eigenvalue weighted by atomic mass is 9.98. The number of hydrogen-bond donors (Lipinski definition) is 3. The van der Waals surface area contributed by atoms with Gasteiger partial charge < -0.3 is 25.0 Å². The molecule has 0 aliphatic carbocycles. The molecular formula is C31H33N7O5S. The third-order valence-electron chi connectivity index (χ3n) is 7.58. The zero-order valence-electron chi connectivity index (χ0n) is 23.9. The molecule has 2 aliphatic heterocycles. The van der Waals surface area contributed by atoms with Gasteiger partial charge >= 0.3 is 6.03 Å². The molecule has 0 spiro atoms. The molecule has 0 unspecified atom stereocenters. The number of pyridine rings is 1. The van der Waals surface area contributed by atoms with Crippen molar-refractivity contribution in [1.82, 2.24) is 30.1 Å². The van der Waals surface area contributed by atoms with Crippen molar-refractivity contribution in [2.24, 2.45) is 5.73 Å². The number of carbonyl (C=O) groups excluding carboxylic acids is 4. The average Bonchev–Trinajstić information content (AvgIpc) is 3.03. The monoisotopic (exact) mass is 615 g/mol. The minimum absolute atomic E-state index is 0.0285. The molecule has 2 saturated heterocycles. The highest BCUT2D eigenvalue weighted by Gasteiger charge is 2.51. The lowest BCUT2D eigenvalue weighted by molar-refractivity contribution is -0.189. The number of amides is 5. The number of fused-ring (bicyclic) bond motifs is 1. The number of benzene rings is 2. The van der Waals surface area contributed by atoms with Gasteiger partial charge in [0.15, 0.2) is 0 Å². The second-order valence-corrected chi connectivity index (χ2v) is 10.7. The number of nitrogens with two attached hydrogens (primary N) is 1. The number of thiol groups is 1. The molecule has 3 N–H and O–H groups in total. The topological polar surface area (TPSA) is 141 Å². The average molecular weight is 616 g/mol. The summed E-state index contributed by atoms with van der Waals surface area (Å²) in [5, 5.41) is 6.11. The van der Waals surface area contributed by atoms with Gasteiger partial charge in [-0.15, -0.1) is 6.58 Å². The number of rotatable bonds is 10. The van der Waals surface area contributed by atoms with Crippen LogP contribution in [0.2, 0.25) is 0 Å². The molecule has 3 aromatic rings. The Bertz CT molecular complexity index is 1540. The van der Waals surface area contributed by atoms with E-state index in [2.05, 4.69) is 29.8 Å². The van der Waals surface area contributed by atoms with Gasteiger partial charge in [0.25, 0.3) is 0 Å². The smallest absolute Gasteiger partial charge is 0.334 e. The molecular weight excluding hydrogens is 582 g/mol. The van der Waals surface area contributed by atoms with E-state index < -0.39 is 24.1 Å². The molecule has 12 nitrogen and oxygen atoms in total. The van der Waals surface area contributed by atoms with E-state index in [1.807, 2.05) is 30.3 Å². The number of primary amides is 1. The molecule has 2 aromatic carbocycles. The van der Waals surface area contributed by atoms with E-state index in [0.717, 1.165) is 11.1 Å². The third-order valence-corrected chi connectivity index (χ3v) is 7.79. The Hall–Kier alpha value is -4.88. The highest BCUT2D eigenvalue weighted by molar-refractivity contribution is 7.75. The zero-order chi connectivity index (χ0) is 31.2. The fraction of sp³-hybridized carbons (Fsp3) is 0.258. The van der Waals surface area contributed by atoms with Crippen LogP contribution in [0.1, 0.15) is 27.0 Å². The second-order valence-electron chi connectivity index (χ2n) is 10.5. The highest BCUT2D eigenvalue weighted by Crippen LogP contribution is 2.30. The number of nitrogens with zero attached hydrogens (tertiary/aromatic N) is 5. The molecule has 3 heterocycles. The van der Waals surface area contributed by atoms with E-state index in [1.165, 1.54) is 16.1 Å². The van der Waals surface area contributed by atoms with Gasteiger partial charge in [-0.3, -0.25) is 19.4 Å². The van der Waals surface area contributed by atoms with Crippen LogP contribution in [0.3, 0.4) is 0 Å². The number of aromatic nitrogens is 1. The summed E-state index contributed by atoms with van der Waals surface area (Å²) in [6.07, 6.45) is 3.92. The van der Waals surface area contributed by atoms with Crippen molar-refractivity contribution in [1.29, 1.82) is 0 Å². The van der Waals surface area contributed by atoms with E-state index in [4.69, 9.17) is 9.92 Å². The molecule has 0 radical (unpaired) electrons. The molecule has 2 fully saturated rings. The predicted molar refractivity (Wildman–Crippen MR) is 165 cm³/mol. The first-order valence-corrected chi connectivity index (χ1v) is 14.4. The summed E-state index contributed by atoms with van der Waals surface area (Å²) >= 11 is 3.83. The number of piperazine rings is 1. The summed E-state index contributed by atoms with van der Waals surface area (Å²) in [4.78, 5) is 60.7. The van der Waals surface area contributed by atoms with Gasteiger partial charge in [-0.25, -0.2) is 14.8 Å². The second kappa shape index (κ2) is 13.6. The van der Waals surface area contributed by atoms with Crippen molar-refractivity contribution in [2.75, 3.05) is 19.6 Å². The van der Waals surface area contributed by atoms with Crippen molar-refractivity contribution in [2.45, 2.75) is 31.7 Å². The lowest BCUT2D eigenvalue weighted by Gasteiger charge is -2.55. The Labute approximate surface area is 260 Å². The summed E-state index contributed by atoms with van der Waals surface area (Å²) < 4.78 is 4.97. The maximum absolute atomic E-state index is 14.1. The van der Waals surface area contributed by atoms with E-state index in [-0.39, 0.29) is 56.5 Å². The van der Waals surface area contributed by atoms with Crippen molar-refractivity contribution >= 4 is 36.7 Å². The minimum atomic E-state index is -0.911. The predicted octanol–water partition coefficient (Wildman–Crippen LogP) is 2.14. The number of hydrazine groups is 1. The largest absolute Gasteiger partial charge is 0.429 e. The lowest BCUT2D eigenvalue weighted by Crippen LogP contribution is -2.76. The van der Waals surface area contributed by atoms with Crippen LogP contribution in [0.5, 0.6) is 5.75 Å². The van der Waals surface area contributed by atoms with Crippen LogP contribution < -0.4 is 15.2 Å². The number of nitrogens with one attached hydrogen (secondary N) is 1. The molecule has 2 aliphatic rings. The summed E-state index contributed by atoms with van der Waals surface area (Å²) in [5.74, 6) is -0.685. The maximum atomic E-state index is 14.1. The first kappa shape index (κ1) is 30.6. The van der Waals surface area contributed by atoms with Gasteiger partial charge in [0.1, 0.15) is 18.0 Å². The molecule has 1 aromatic heterocycles. The summed E-state index contributed by atoms with van der Waals surface area (Å²) in [5.41, 5.74) is 7.96. The Balaban J connectivity index is 1.50. The summed E-state index contributed by atoms with van der Waals surface area (Å²) in [6, 6.07) is 16.8. The number of urea groups is 1. The normalized spacial score (nSPS) is 18.5. The Morgan fingerprint density at radius 3 is 2.50 bits per heavy atom. The summed E-state index contributed by atoms with van der Waals surface area (Å²) in [7, 11) is 0. The van der Waals surface area contributed by atoms with Crippen LogP contribution in [-0.2, 0) is 29.1 Å². The molecule has 44 heavy (non-hydrogen) atoms. The van der Waals surface area contributed by atoms with Gasteiger partial charge in [-0.1, -0.05) is 48.5 Å². The van der Waals surface area contributed by atoms with Crippen LogP contribution in [0.15, 0.2) is 85.7 Å². The van der Waals surface area contributed by atoms with Crippen molar-refractivity contribution in [3.63, 3.8) is 0 Å². The third kappa shape index (κ3) is 6.68. The molecule has 228 valence electrons. The maximum Gasteiger partial charge on any atom is 0.334 e. The fourth-order valence-electron chi connectivity index (χ4n) is 5.54. The van der Waals surface area contributed by atoms with Crippen molar-refractivity contribution in [3.8, 4) is 5.75 Å². The molecule has 13 heteroatoms. The molecule has 0 bridgehead atoms. The molecule has 5 amide bonds. The first-order chi connectivity index (χ1) is 21.3. The van der Waals surface area contributed by atoms with Crippen molar-refractivity contribution < 1.29 is 23.4 Å².